The largest absolute Gasteiger partial charge is 0.573 e. The van der Waals surface area contributed by atoms with E-state index in [1.807, 2.05) is 0 Å². The van der Waals surface area contributed by atoms with Crippen molar-refractivity contribution in [3.8, 4) is 11.5 Å². The van der Waals surface area contributed by atoms with Gasteiger partial charge in [-0.25, -0.2) is 0 Å². The number of hydrogen-bond acceptors (Lipinski definition) is 5. The van der Waals surface area contributed by atoms with Gasteiger partial charge in [0.1, 0.15) is 18.1 Å². The second-order valence-corrected chi connectivity index (χ2v) is 8.51. The van der Waals surface area contributed by atoms with Crippen LogP contribution < -0.4 is 15.2 Å². The van der Waals surface area contributed by atoms with Gasteiger partial charge in [-0.2, -0.15) is 0 Å². The molecule has 1 aliphatic rings. The molecule has 3 amide bonds. The zero-order valence-electron chi connectivity index (χ0n) is 20.1. The van der Waals surface area contributed by atoms with Gasteiger partial charge in [-0.1, -0.05) is 24.3 Å². The second-order valence-electron chi connectivity index (χ2n) is 8.51. The molecule has 198 valence electrons. The van der Waals surface area contributed by atoms with Gasteiger partial charge in [0.15, 0.2) is 0 Å². The van der Waals surface area contributed by atoms with Crippen LogP contribution in [0.15, 0.2) is 72.8 Å². The molecule has 3 aromatic rings. The van der Waals surface area contributed by atoms with Crippen molar-refractivity contribution in [2.75, 3.05) is 26.2 Å². The molecule has 0 spiro atoms. The van der Waals surface area contributed by atoms with Crippen molar-refractivity contribution in [3.05, 3.63) is 95.1 Å². The summed E-state index contributed by atoms with van der Waals surface area (Å²) in [4.78, 5) is 40.6. The highest BCUT2D eigenvalue weighted by molar-refractivity contribution is 5.96. The van der Waals surface area contributed by atoms with E-state index in [0.29, 0.717) is 24.4 Å². The third-order valence-corrected chi connectivity index (χ3v) is 5.91. The molecule has 0 saturated carbocycles. The van der Waals surface area contributed by atoms with Gasteiger partial charge in [-0.05, 0) is 54.1 Å². The first kappa shape index (κ1) is 26.5. The van der Waals surface area contributed by atoms with Gasteiger partial charge in [0.05, 0.1) is 5.56 Å². The number of carbonyl (C=O) groups excluding carboxylic acids is 3. The molecular weight excluding hydrogens is 503 g/mol. The molecule has 4 rings (SSSR count). The third kappa shape index (κ3) is 6.61. The summed E-state index contributed by atoms with van der Waals surface area (Å²) in [5.41, 5.74) is 7.05. The molecule has 1 heterocycles. The molecule has 38 heavy (non-hydrogen) atoms. The van der Waals surface area contributed by atoms with Crippen molar-refractivity contribution in [1.29, 1.82) is 0 Å². The van der Waals surface area contributed by atoms with Crippen LogP contribution in [0.3, 0.4) is 0 Å². The van der Waals surface area contributed by atoms with Gasteiger partial charge in [0.2, 0.25) is 0 Å². The maximum absolute atomic E-state index is 13.1. The predicted molar refractivity (Wildman–Crippen MR) is 131 cm³/mol. The Morgan fingerprint density at radius 2 is 1.39 bits per heavy atom. The second kappa shape index (κ2) is 11.2. The van der Waals surface area contributed by atoms with Crippen LogP contribution in [-0.2, 0) is 6.61 Å². The summed E-state index contributed by atoms with van der Waals surface area (Å²) >= 11 is 0. The normalized spacial score (nSPS) is 13.7. The number of hydrogen-bond donors (Lipinski definition) is 1. The van der Waals surface area contributed by atoms with E-state index in [4.69, 9.17) is 10.5 Å². The van der Waals surface area contributed by atoms with Crippen molar-refractivity contribution in [1.82, 2.24) is 9.80 Å². The number of rotatable bonds is 7. The zero-order chi connectivity index (χ0) is 27.3. The number of benzene rings is 3. The van der Waals surface area contributed by atoms with Gasteiger partial charge in [0, 0.05) is 37.3 Å². The minimum atomic E-state index is -4.81. The lowest BCUT2D eigenvalue weighted by Gasteiger charge is -2.35. The first-order chi connectivity index (χ1) is 18.1. The van der Waals surface area contributed by atoms with Crippen LogP contribution in [0.4, 0.5) is 13.2 Å². The SMILES string of the molecule is NC(=O)c1ccccc1OCc1cccc(C(=O)N2CCN(C(=O)c3ccc(OC(F)(F)F)cc3)CC2)c1. The molecule has 0 atom stereocenters. The number of amides is 3. The highest BCUT2D eigenvalue weighted by atomic mass is 19.4. The highest BCUT2D eigenvalue weighted by Crippen LogP contribution is 2.24. The van der Waals surface area contributed by atoms with E-state index in [2.05, 4.69) is 4.74 Å². The van der Waals surface area contributed by atoms with Gasteiger partial charge < -0.3 is 25.0 Å². The standard InChI is InChI=1S/C27H24F3N3O5/c28-27(29,30)38-21-10-8-19(9-11-21)25(35)32-12-14-33(15-13-32)26(36)20-5-3-4-18(16-20)17-37-23-7-2-1-6-22(23)24(31)34/h1-11,16H,12-15,17H2,(H2,31,34). The summed E-state index contributed by atoms with van der Waals surface area (Å²) in [6.45, 7) is 1.27. The van der Waals surface area contributed by atoms with Crippen molar-refractivity contribution in [2.24, 2.45) is 5.73 Å². The van der Waals surface area contributed by atoms with Crippen molar-refractivity contribution in [2.45, 2.75) is 13.0 Å². The Kier molecular flexibility index (Phi) is 7.85. The minimum Gasteiger partial charge on any atom is -0.488 e. The number of halogens is 3. The topological polar surface area (TPSA) is 102 Å². The summed E-state index contributed by atoms with van der Waals surface area (Å²) in [6.07, 6.45) is -4.81. The van der Waals surface area contributed by atoms with Gasteiger partial charge >= 0.3 is 6.36 Å². The number of piperazine rings is 1. The number of primary amides is 1. The smallest absolute Gasteiger partial charge is 0.488 e. The Hall–Kier alpha value is -4.54. The van der Waals surface area contributed by atoms with E-state index in [-0.39, 0.29) is 42.6 Å². The lowest BCUT2D eigenvalue weighted by atomic mass is 10.1. The summed E-state index contributed by atoms with van der Waals surface area (Å²) in [6, 6.07) is 18.3. The van der Waals surface area contributed by atoms with E-state index in [9.17, 15) is 27.6 Å². The van der Waals surface area contributed by atoms with Crippen LogP contribution in [0.1, 0.15) is 36.6 Å². The number of para-hydroxylation sites is 1. The van der Waals surface area contributed by atoms with Crippen LogP contribution in [0.5, 0.6) is 11.5 Å². The molecule has 0 bridgehead atoms. The average molecular weight is 527 g/mol. The average Bonchev–Trinajstić information content (AvgIpc) is 2.91. The first-order valence-corrected chi connectivity index (χ1v) is 11.7. The van der Waals surface area contributed by atoms with Crippen molar-refractivity contribution < 1.29 is 37.0 Å². The van der Waals surface area contributed by atoms with E-state index in [1.165, 1.54) is 12.1 Å². The van der Waals surface area contributed by atoms with E-state index >= 15 is 0 Å². The Morgan fingerprint density at radius 1 is 0.789 bits per heavy atom. The van der Waals surface area contributed by atoms with Crippen LogP contribution in [0.2, 0.25) is 0 Å². The zero-order valence-corrected chi connectivity index (χ0v) is 20.1. The summed E-state index contributed by atoms with van der Waals surface area (Å²) in [5.74, 6) is -1.21. The lowest BCUT2D eigenvalue weighted by molar-refractivity contribution is -0.274. The number of nitrogens with two attached hydrogens (primary N) is 1. The maximum Gasteiger partial charge on any atom is 0.573 e. The molecule has 11 heteroatoms. The fraction of sp³-hybridized carbons (Fsp3) is 0.222. The number of ether oxygens (including phenoxy) is 2. The van der Waals surface area contributed by atoms with Gasteiger partial charge in [-0.3, -0.25) is 14.4 Å². The monoisotopic (exact) mass is 527 g/mol. The van der Waals surface area contributed by atoms with Crippen molar-refractivity contribution in [3.63, 3.8) is 0 Å². The predicted octanol–water partition coefficient (Wildman–Crippen LogP) is 3.86. The quantitative estimate of drug-likeness (QED) is 0.503. The Labute approximate surface area is 216 Å². The molecule has 0 radical (unpaired) electrons. The molecule has 1 saturated heterocycles. The summed E-state index contributed by atoms with van der Waals surface area (Å²) in [7, 11) is 0. The Bertz CT molecular complexity index is 1320. The minimum absolute atomic E-state index is 0.125. The number of carbonyl (C=O) groups is 3. The maximum atomic E-state index is 13.1. The Morgan fingerprint density at radius 3 is 2.00 bits per heavy atom. The molecule has 8 nitrogen and oxygen atoms in total. The summed E-state index contributed by atoms with van der Waals surface area (Å²) < 4.78 is 46.6. The van der Waals surface area contributed by atoms with Crippen LogP contribution in [0, 0.1) is 0 Å². The number of nitrogens with zero attached hydrogens (tertiary/aromatic N) is 2. The van der Waals surface area contributed by atoms with E-state index < -0.39 is 18.0 Å². The van der Waals surface area contributed by atoms with Gasteiger partial charge in [0.25, 0.3) is 17.7 Å². The fourth-order valence-corrected chi connectivity index (χ4v) is 4.03. The molecule has 2 N–H and O–H groups in total. The molecule has 0 aliphatic carbocycles. The molecule has 0 unspecified atom stereocenters. The number of alkyl halides is 3. The van der Waals surface area contributed by atoms with Crippen molar-refractivity contribution >= 4 is 17.7 Å². The Balaban J connectivity index is 1.33. The fourth-order valence-electron chi connectivity index (χ4n) is 4.03. The molecular formula is C27H24F3N3O5. The molecule has 1 fully saturated rings. The highest BCUT2D eigenvalue weighted by Gasteiger charge is 2.31. The first-order valence-electron chi connectivity index (χ1n) is 11.7. The molecule has 1 aliphatic heterocycles. The molecule has 3 aromatic carbocycles. The summed E-state index contributed by atoms with van der Waals surface area (Å²) in [5, 5.41) is 0. The van der Waals surface area contributed by atoms with Crippen LogP contribution in [0.25, 0.3) is 0 Å². The van der Waals surface area contributed by atoms with Crippen LogP contribution >= 0.6 is 0 Å². The van der Waals surface area contributed by atoms with Crippen LogP contribution in [-0.4, -0.2) is 60.1 Å². The van der Waals surface area contributed by atoms with E-state index in [0.717, 1.165) is 17.7 Å². The third-order valence-electron chi connectivity index (χ3n) is 5.91. The molecule has 0 aromatic heterocycles. The lowest BCUT2D eigenvalue weighted by Crippen LogP contribution is -2.50. The van der Waals surface area contributed by atoms with E-state index in [1.54, 1.807) is 58.3 Å². The van der Waals surface area contributed by atoms with Gasteiger partial charge in [-0.15, -0.1) is 13.2 Å².